The third-order valence-electron chi connectivity index (χ3n) is 5.52. The molecule has 3 heterocycles. The Bertz CT molecular complexity index is 893. The topological polar surface area (TPSA) is 79.5 Å². The lowest BCUT2D eigenvalue weighted by Crippen LogP contribution is -2.53. The standard InChI is InChI=1S/C19H22N4O2S/c1-3-13-15(26-18(20)21-13)16(24)23-10-6-9-19(11-23)12-7-4-5-8-14(12)22(2)17(19)25/h4-5,7-8H,3,6,9-11H2,1-2H3,(H2,20,21)/t19-/m1/s1. The zero-order valence-electron chi connectivity index (χ0n) is 15.0. The van der Waals surface area contributed by atoms with Crippen LogP contribution in [0.1, 0.15) is 40.7 Å². The molecule has 1 spiro atoms. The molecular formula is C19H22N4O2S. The van der Waals surface area contributed by atoms with Gasteiger partial charge in [-0.05, 0) is 30.9 Å². The van der Waals surface area contributed by atoms with Crippen molar-refractivity contribution in [2.75, 3.05) is 30.8 Å². The van der Waals surface area contributed by atoms with E-state index in [9.17, 15) is 9.59 Å². The predicted octanol–water partition coefficient (Wildman–Crippen LogP) is 2.44. The van der Waals surface area contributed by atoms with E-state index in [1.807, 2.05) is 43.1 Å². The molecule has 2 aliphatic heterocycles. The number of nitrogen functional groups attached to an aromatic ring is 1. The second-order valence-electron chi connectivity index (χ2n) is 6.98. The SMILES string of the molecule is CCc1nc(N)sc1C(=O)N1CCC[C@]2(C1)C(=O)N(C)c1ccccc12. The molecule has 0 bridgehead atoms. The van der Waals surface area contributed by atoms with Crippen LogP contribution < -0.4 is 10.6 Å². The highest BCUT2D eigenvalue weighted by molar-refractivity contribution is 7.17. The van der Waals surface area contributed by atoms with Gasteiger partial charge in [-0.25, -0.2) is 4.98 Å². The number of fused-ring (bicyclic) bond motifs is 2. The van der Waals surface area contributed by atoms with Gasteiger partial charge in [0.2, 0.25) is 5.91 Å². The molecule has 2 aromatic rings. The monoisotopic (exact) mass is 370 g/mol. The van der Waals surface area contributed by atoms with Crippen LogP contribution in [0.15, 0.2) is 24.3 Å². The van der Waals surface area contributed by atoms with Crippen molar-refractivity contribution in [3.8, 4) is 0 Å². The van der Waals surface area contributed by atoms with Gasteiger partial charge < -0.3 is 15.5 Å². The van der Waals surface area contributed by atoms with E-state index in [2.05, 4.69) is 4.98 Å². The minimum Gasteiger partial charge on any atom is -0.375 e. The molecule has 1 saturated heterocycles. The maximum absolute atomic E-state index is 13.1. The molecular weight excluding hydrogens is 348 g/mol. The highest BCUT2D eigenvalue weighted by Gasteiger charge is 2.52. The van der Waals surface area contributed by atoms with Crippen LogP contribution in [0.2, 0.25) is 0 Å². The smallest absolute Gasteiger partial charge is 0.265 e. The number of piperidine rings is 1. The average Bonchev–Trinajstić information content (AvgIpc) is 3.14. The summed E-state index contributed by atoms with van der Waals surface area (Å²) in [5, 5.41) is 0.416. The van der Waals surface area contributed by atoms with Gasteiger partial charge in [0.05, 0.1) is 11.1 Å². The van der Waals surface area contributed by atoms with Crippen LogP contribution in [0.25, 0.3) is 0 Å². The molecule has 0 aliphatic carbocycles. The number of likely N-dealkylation sites (N-methyl/N-ethyl adjacent to an activating group) is 1. The van der Waals surface area contributed by atoms with Crippen molar-refractivity contribution in [3.63, 3.8) is 0 Å². The highest BCUT2D eigenvalue weighted by Crippen LogP contribution is 2.46. The first-order chi connectivity index (χ1) is 12.5. The van der Waals surface area contributed by atoms with Gasteiger partial charge in [-0.1, -0.05) is 36.5 Å². The summed E-state index contributed by atoms with van der Waals surface area (Å²) in [6.45, 7) is 3.03. The molecule has 2 amide bonds. The van der Waals surface area contributed by atoms with Gasteiger partial charge in [0.1, 0.15) is 4.88 Å². The normalized spacial score (nSPS) is 22.2. The Morgan fingerprint density at radius 2 is 2.15 bits per heavy atom. The van der Waals surface area contributed by atoms with Crippen LogP contribution in [0.5, 0.6) is 0 Å². The zero-order chi connectivity index (χ0) is 18.5. The number of amides is 2. The molecule has 1 fully saturated rings. The number of hydrogen-bond donors (Lipinski definition) is 1. The number of aryl methyl sites for hydroxylation is 1. The van der Waals surface area contributed by atoms with E-state index in [4.69, 9.17) is 5.73 Å². The Hall–Kier alpha value is -2.41. The number of benzene rings is 1. The predicted molar refractivity (Wildman–Crippen MR) is 103 cm³/mol. The van der Waals surface area contributed by atoms with Crippen LogP contribution >= 0.6 is 11.3 Å². The van der Waals surface area contributed by atoms with Crippen LogP contribution in [0, 0.1) is 0 Å². The average molecular weight is 370 g/mol. The second kappa shape index (κ2) is 6.09. The lowest BCUT2D eigenvalue weighted by molar-refractivity contribution is -0.124. The molecule has 4 rings (SSSR count). The number of aromatic nitrogens is 1. The number of rotatable bonds is 2. The van der Waals surface area contributed by atoms with Gasteiger partial charge in [-0.3, -0.25) is 9.59 Å². The Morgan fingerprint density at radius 3 is 2.92 bits per heavy atom. The van der Waals surface area contributed by atoms with E-state index in [1.165, 1.54) is 11.3 Å². The van der Waals surface area contributed by atoms with Crippen molar-refractivity contribution in [1.82, 2.24) is 9.88 Å². The number of hydrogen-bond acceptors (Lipinski definition) is 5. The molecule has 0 saturated carbocycles. The first-order valence-corrected chi connectivity index (χ1v) is 9.71. The minimum absolute atomic E-state index is 0.0602. The quantitative estimate of drug-likeness (QED) is 0.881. The third-order valence-corrected chi connectivity index (χ3v) is 6.43. The van der Waals surface area contributed by atoms with E-state index in [0.29, 0.717) is 29.5 Å². The fourth-order valence-corrected chi connectivity index (χ4v) is 5.15. The van der Waals surface area contributed by atoms with Crippen LogP contribution in [-0.4, -0.2) is 41.8 Å². The first kappa shape index (κ1) is 17.0. The summed E-state index contributed by atoms with van der Waals surface area (Å²) in [4.78, 5) is 34.7. The van der Waals surface area contributed by atoms with Crippen molar-refractivity contribution >= 4 is 34.0 Å². The lowest BCUT2D eigenvalue weighted by atomic mass is 9.75. The van der Waals surface area contributed by atoms with E-state index in [1.54, 1.807) is 4.90 Å². The zero-order valence-corrected chi connectivity index (χ0v) is 15.8. The fourth-order valence-electron chi connectivity index (χ4n) is 4.26. The molecule has 2 aliphatic rings. The van der Waals surface area contributed by atoms with Gasteiger partial charge >= 0.3 is 0 Å². The van der Waals surface area contributed by atoms with Crippen molar-refractivity contribution in [2.45, 2.75) is 31.6 Å². The largest absolute Gasteiger partial charge is 0.375 e. The number of carbonyl (C=O) groups is 2. The van der Waals surface area contributed by atoms with Crippen LogP contribution in [0.4, 0.5) is 10.8 Å². The van der Waals surface area contributed by atoms with Crippen molar-refractivity contribution in [2.24, 2.45) is 0 Å². The number of nitrogens with zero attached hydrogens (tertiary/aromatic N) is 3. The van der Waals surface area contributed by atoms with E-state index in [-0.39, 0.29) is 11.8 Å². The maximum atomic E-state index is 13.1. The molecule has 26 heavy (non-hydrogen) atoms. The van der Waals surface area contributed by atoms with Gasteiger partial charge in [0.25, 0.3) is 5.91 Å². The van der Waals surface area contributed by atoms with E-state index in [0.717, 1.165) is 29.8 Å². The summed E-state index contributed by atoms with van der Waals surface area (Å²) in [7, 11) is 1.82. The summed E-state index contributed by atoms with van der Waals surface area (Å²) >= 11 is 1.24. The molecule has 2 N–H and O–H groups in total. The fraction of sp³-hybridized carbons (Fsp3) is 0.421. The number of para-hydroxylation sites is 1. The minimum atomic E-state index is -0.637. The van der Waals surface area contributed by atoms with E-state index >= 15 is 0 Å². The number of likely N-dealkylation sites (tertiary alicyclic amines) is 1. The molecule has 1 aromatic carbocycles. The Balaban J connectivity index is 1.70. The lowest BCUT2D eigenvalue weighted by Gasteiger charge is -2.39. The van der Waals surface area contributed by atoms with Crippen LogP contribution in [0.3, 0.4) is 0 Å². The number of anilines is 2. The molecule has 136 valence electrons. The number of carbonyl (C=O) groups excluding carboxylic acids is 2. The molecule has 6 nitrogen and oxygen atoms in total. The molecule has 7 heteroatoms. The van der Waals surface area contributed by atoms with Gasteiger partial charge in [0.15, 0.2) is 5.13 Å². The molecule has 1 atom stereocenters. The van der Waals surface area contributed by atoms with Crippen molar-refractivity contribution < 1.29 is 9.59 Å². The summed E-state index contributed by atoms with van der Waals surface area (Å²) in [5.74, 6) is 0.0192. The summed E-state index contributed by atoms with van der Waals surface area (Å²) in [5.41, 5.74) is 7.90. The Labute approximate surface area is 156 Å². The van der Waals surface area contributed by atoms with Gasteiger partial charge in [-0.15, -0.1) is 0 Å². The Morgan fingerprint density at radius 1 is 1.38 bits per heavy atom. The Kier molecular flexibility index (Phi) is 3.99. The third kappa shape index (κ3) is 2.34. The molecule has 0 unspecified atom stereocenters. The number of thiazole rings is 1. The summed E-state index contributed by atoms with van der Waals surface area (Å²) in [6.07, 6.45) is 2.23. The van der Waals surface area contributed by atoms with E-state index < -0.39 is 5.41 Å². The second-order valence-corrected chi connectivity index (χ2v) is 8.01. The molecule has 1 aromatic heterocycles. The van der Waals surface area contributed by atoms with Crippen molar-refractivity contribution in [3.05, 3.63) is 40.4 Å². The van der Waals surface area contributed by atoms with Gasteiger partial charge in [0, 0.05) is 25.8 Å². The summed E-state index contributed by atoms with van der Waals surface area (Å²) in [6, 6.07) is 7.91. The number of nitrogens with two attached hydrogens (primary N) is 1. The molecule has 0 radical (unpaired) electrons. The van der Waals surface area contributed by atoms with Gasteiger partial charge in [-0.2, -0.15) is 0 Å². The van der Waals surface area contributed by atoms with Crippen molar-refractivity contribution in [1.29, 1.82) is 0 Å². The first-order valence-electron chi connectivity index (χ1n) is 8.90. The van der Waals surface area contributed by atoms with Crippen LogP contribution in [-0.2, 0) is 16.6 Å². The highest BCUT2D eigenvalue weighted by atomic mass is 32.1. The maximum Gasteiger partial charge on any atom is 0.265 e. The summed E-state index contributed by atoms with van der Waals surface area (Å²) < 4.78 is 0.